The van der Waals surface area contributed by atoms with Gasteiger partial charge in [0.2, 0.25) is 0 Å². The molecule has 50 heavy (non-hydrogen) atoms. The molecule has 0 aliphatic heterocycles. The highest BCUT2D eigenvalue weighted by Gasteiger charge is 2.20. The smallest absolute Gasteiger partial charge is 0.00201 e. The highest BCUT2D eigenvalue weighted by molar-refractivity contribution is 6.23. The van der Waals surface area contributed by atoms with Crippen molar-refractivity contribution in [2.75, 3.05) is 0 Å². The summed E-state index contributed by atoms with van der Waals surface area (Å²) in [7, 11) is 0. The van der Waals surface area contributed by atoms with Crippen LogP contribution in [0.2, 0.25) is 0 Å². The van der Waals surface area contributed by atoms with Crippen LogP contribution >= 0.6 is 0 Å². The Hall–Kier alpha value is -6.24. The van der Waals surface area contributed by atoms with Crippen LogP contribution in [0.4, 0.5) is 0 Å². The zero-order valence-corrected chi connectivity index (χ0v) is 28.3. The lowest BCUT2D eigenvalue weighted by atomic mass is 9.82. The van der Waals surface area contributed by atoms with Gasteiger partial charge in [0.05, 0.1) is 0 Å². The molecule has 0 bridgehead atoms. The standard InChI is InChI=1S/C50H36/c1-33-26-34(2)28-42(27-33)40-22-24-43-44-25-23-41(46-30-39-21-13-12-20-38(39)29-45(46)35-14-6-3-7-15-35)32-48(44)50(37-18-10-5-11-19-37)49(47(43)31-40)36-16-8-4-9-17-36/h3-32H,1-2H3. The van der Waals surface area contributed by atoms with Gasteiger partial charge in [0.1, 0.15) is 0 Å². The Bertz CT molecular complexity index is 2660. The predicted molar refractivity (Wildman–Crippen MR) is 216 cm³/mol. The molecule has 0 heterocycles. The first-order valence-corrected chi connectivity index (χ1v) is 17.4. The molecule has 236 valence electrons. The van der Waals surface area contributed by atoms with Crippen LogP contribution in [0, 0.1) is 13.8 Å². The summed E-state index contributed by atoms with van der Waals surface area (Å²) in [5.41, 5.74) is 14.9. The van der Waals surface area contributed by atoms with Crippen molar-refractivity contribution >= 4 is 32.3 Å². The largest absolute Gasteiger partial charge is 0.0622 e. The minimum absolute atomic E-state index is 1.21. The van der Waals surface area contributed by atoms with Crippen molar-refractivity contribution < 1.29 is 0 Å². The summed E-state index contributed by atoms with van der Waals surface area (Å²) in [5.74, 6) is 0. The van der Waals surface area contributed by atoms with E-state index in [1.54, 1.807) is 0 Å². The van der Waals surface area contributed by atoms with Gasteiger partial charge in [-0.25, -0.2) is 0 Å². The number of hydrogen-bond donors (Lipinski definition) is 0. The Morgan fingerprint density at radius 1 is 0.260 bits per heavy atom. The summed E-state index contributed by atoms with van der Waals surface area (Å²) >= 11 is 0. The van der Waals surface area contributed by atoms with Gasteiger partial charge >= 0.3 is 0 Å². The molecule has 0 fully saturated rings. The first-order valence-electron chi connectivity index (χ1n) is 17.4. The zero-order valence-electron chi connectivity index (χ0n) is 28.3. The second-order valence-corrected chi connectivity index (χ2v) is 13.5. The van der Waals surface area contributed by atoms with Crippen molar-refractivity contribution in [2.24, 2.45) is 0 Å². The molecule has 0 saturated heterocycles. The van der Waals surface area contributed by atoms with E-state index in [0.717, 1.165) is 0 Å². The molecular formula is C50H36. The Morgan fingerprint density at radius 3 is 1.20 bits per heavy atom. The van der Waals surface area contributed by atoms with Crippen LogP contribution in [0.25, 0.3) is 88.0 Å². The molecule has 0 atom stereocenters. The molecule has 0 saturated carbocycles. The van der Waals surface area contributed by atoms with E-state index in [4.69, 9.17) is 0 Å². The van der Waals surface area contributed by atoms with Crippen molar-refractivity contribution in [2.45, 2.75) is 13.8 Å². The van der Waals surface area contributed by atoms with E-state index in [1.807, 2.05) is 0 Å². The fourth-order valence-electron chi connectivity index (χ4n) is 7.87. The summed E-state index contributed by atoms with van der Waals surface area (Å²) in [6, 6.07) is 67.2. The molecule has 0 aliphatic carbocycles. The van der Waals surface area contributed by atoms with Gasteiger partial charge in [0.25, 0.3) is 0 Å². The maximum atomic E-state index is 2.44. The van der Waals surface area contributed by atoms with Crippen LogP contribution in [0.5, 0.6) is 0 Å². The zero-order chi connectivity index (χ0) is 33.6. The quantitative estimate of drug-likeness (QED) is 0.165. The first kappa shape index (κ1) is 29.9. The second-order valence-electron chi connectivity index (χ2n) is 13.5. The summed E-state index contributed by atoms with van der Waals surface area (Å²) in [6.45, 7) is 4.37. The van der Waals surface area contributed by atoms with E-state index in [0.29, 0.717) is 0 Å². The second kappa shape index (κ2) is 12.3. The normalized spacial score (nSPS) is 11.4. The van der Waals surface area contributed by atoms with Crippen LogP contribution < -0.4 is 0 Å². The third-order valence-electron chi connectivity index (χ3n) is 10.1. The molecule has 0 amide bonds. The van der Waals surface area contributed by atoms with Crippen LogP contribution in [0.15, 0.2) is 182 Å². The van der Waals surface area contributed by atoms with Gasteiger partial charge in [-0.3, -0.25) is 0 Å². The molecule has 0 nitrogen and oxygen atoms in total. The van der Waals surface area contributed by atoms with Gasteiger partial charge < -0.3 is 0 Å². The van der Waals surface area contributed by atoms with E-state index in [-0.39, 0.29) is 0 Å². The van der Waals surface area contributed by atoms with Gasteiger partial charge in [0, 0.05) is 0 Å². The topological polar surface area (TPSA) is 0 Å². The Labute approximate surface area is 293 Å². The average molecular weight is 637 g/mol. The fraction of sp³-hybridized carbons (Fsp3) is 0.0400. The predicted octanol–water partition coefficient (Wildman–Crippen LogP) is 14.1. The number of benzene rings is 9. The molecule has 9 rings (SSSR count). The van der Waals surface area contributed by atoms with Gasteiger partial charge in [-0.15, -0.1) is 0 Å². The van der Waals surface area contributed by atoms with E-state index in [2.05, 4.69) is 196 Å². The third-order valence-corrected chi connectivity index (χ3v) is 10.1. The number of rotatable bonds is 5. The van der Waals surface area contributed by atoms with Crippen molar-refractivity contribution in [1.82, 2.24) is 0 Å². The van der Waals surface area contributed by atoms with Gasteiger partial charge in [-0.2, -0.15) is 0 Å². The maximum absolute atomic E-state index is 2.44. The summed E-state index contributed by atoms with van der Waals surface area (Å²) in [6.07, 6.45) is 0. The van der Waals surface area contributed by atoms with E-state index in [1.165, 1.54) is 99.1 Å². The van der Waals surface area contributed by atoms with Crippen molar-refractivity contribution in [3.63, 3.8) is 0 Å². The molecule has 9 aromatic carbocycles. The lowest BCUT2D eigenvalue weighted by Crippen LogP contribution is -1.94. The van der Waals surface area contributed by atoms with Crippen molar-refractivity contribution in [3.8, 4) is 55.6 Å². The summed E-state index contributed by atoms with van der Waals surface area (Å²) in [5, 5.41) is 7.54. The van der Waals surface area contributed by atoms with Gasteiger partial charge in [0.15, 0.2) is 0 Å². The molecule has 0 N–H and O–H groups in total. The van der Waals surface area contributed by atoms with Crippen LogP contribution in [-0.2, 0) is 0 Å². The first-order chi connectivity index (χ1) is 24.6. The van der Waals surface area contributed by atoms with Crippen LogP contribution in [0.1, 0.15) is 11.1 Å². The number of hydrogen-bond acceptors (Lipinski definition) is 0. The molecule has 0 heteroatoms. The van der Waals surface area contributed by atoms with Crippen molar-refractivity contribution in [1.29, 1.82) is 0 Å². The van der Waals surface area contributed by atoms with Gasteiger partial charge in [-0.1, -0.05) is 169 Å². The van der Waals surface area contributed by atoms with Gasteiger partial charge in [-0.05, 0) is 126 Å². The highest BCUT2D eigenvalue weighted by atomic mass is 14.2. The average Bonchev–Trinajstić information content (AvgIpc) is 3.17. The summed E-state index contributed by atoms with van der Waals surface area (Å²) in [4.78, 5) is 0. The minimum Gasteiger partial charge on any atom is -0.0622 e. The molecular weight excluding hydrogens is 601 g/mol. The molecule has 9 aromatic rings. The molecule has 0 aromatic heterocycles. The monoisotopic (exact) mass is 636 g/mol. The molecule has 0 aliphatic rings. The van der Waals surface area contributed by atoms with E-state index in [9.17, 15) is 0 Å². The molecule has 0 unspecified atom stereocenters. The Morgan fingerprint density at radius 2 is 0.680 bits per heavy atom. The lowest BCUT2D eigenvalue weighted by molar-refractivity contribution is 1.38. The Kier molecular flexibility index (Phi) is 7.37. The van der Waals surface area contributed by atoms with Crippen LogP contribution in [0.3, 0.4) is 0 Å². The third kappa shape index (κ3) is 5.27. The lowest BCUT2D eigenvalue weighted by Gasteiger charge is -2.21. The Balaban J connectivity index is 1.40. The highest BCUT2D eigenvalue weighted by Crippen LogP contribution is 2.47. The SMILES string of the molecule is Cc1cc(C)cc(-c2ccc3c(c2)c(-c2ccccc2)c(-c2ccccc2)c2cc(-c4cc5ccccc5cc4-c4ccccc4)ccc23)c1. The van der Waals surface area contributed by atoms with E-state index >= 15 is 0 Å². The van der Waals surface area contributed by atoms with Crippen molar-refractivity contribution in [3.05, 3.63) is 193 Å². The van der Waals surface area contributed by atoms with Crippen LogP contribution in [-0.4, -0.2) is 0 Å². The van der Waals surface area contributed by atoms with E-state index < -0.39 is 0 Å². The molecule has 0 radical (unpaired) electrons. The number of aryl methyl sites for hydroxylation is 2. The fourth-order valence-corrected chi connectivity index (χ4v) is 7.87. The summed E-state index contributed by atoms with van der Waals surface area (Å²) < 4.78 is 0. The number of fused-ring (bicyclic) bond motifs is 4. The molecule has 0 spiro atoms. The maximum Gasteiger partial charge on any atom is -0.00201 e. The minimum atomic E-state index is 1.21.